The molecule has 2 aromatic rings. The molecule has 0 aliphatic heterocycles. The van der Waals surface area contributed by atoms with Crippen molar-refractivity contribution in [2.45, 2.75) is 0 Å². The van der Waals surface area contributed by atoms with Crippen LogP contribution in [0.1, 0.15) is 5.56 Å². The Morgan fingerprint density at radius 2 is 1.86 bits per heavy atom. The van der Waals surface area contributed by atoms with Gasteiger partial charge in [0.05, 0.1) is 0 Å². The molecule has 0 saturated carbocycles. The Labute approximate surface area is 81.7 Å². The van der Waals surface area contributed by atoms with Crippen LogP contribution in [-0.4, -0.2) is 10.2 Å². The number of benzene rings is 2. The van der Waals surface area contributed by atoms with E-state index in [0.717, 1.165) is 10.9 Å². The van der Waals surface area contributed by atoms with Gasteiger partial charge in [-0.15, -0.1) is 0 Å². The zero-order valence-electron chi connectivity index (χ0n) is 7.57. The fraction of sp³-hybridized carbons (Fsp3) is 0. The monoisotopic (exact) mass is 186 g/mol. The molecule has 0 aromatic heterocycles. The highest BCUT2D eigenvalue weighted by Crippen LogP contribution is 2.33. The van der Waals surface area contributed by atoms with Gasteiger partial charge in [0.2, 0.25) is 0 Å². The van der Waals surface area contributed by atoms with Gasteiger partial charge in [0.15, 0.2) is 11.5 Å². The average molecular weight is 186 g/mol. The van der Waals surface area contributed by atoms with Crippen molar-refractivity contribution < 1.29 is 10.2 Å². The lowest BCUT2D eigenvalue weighted by molar-refractivity contribution is 0.408. The van der Waals surface area contributed by atoms with Crippen molar-refractivity contribution in [2.75, 3.05) is 0 Å². The lowest BCUT2D eigenvalue weighted by Crippen LogP contribution is -1.77. The second-order valence-electron chi connectivity index (χ2n) is 3.12. The van der Waals surface area contributed by atoms with Gasteiger partial charge in [0.1, 0.15) is 0 Å². The lowest BCUT2D eigenvalue weighted by atomic mass is 10.1. The lowest BCUT2D eigenvalue weighted by Gasteiger charge is -2.03. The van der Waals surface area contributed by atoms with Crippen molar-refractivity contribution in [1.29, 1.82) is 0 Å². The smallest absolute Gasteiger partial charge is 0.165 e. The molecule has 0 spiro atoms. The first-order chi connectivity index (χ1) is 6.72. The Bertz CT molecular complexity index is 501. The summed E-state index contributed by atoms with van der Waals surface area (Å²) in [4.78, 5) is 0. The first-order valence-corrected chi connectivity index (χ1v) is 4.29. The Hall–Kier alpha value is -1.96. The minimum Gasteiger partial charge on any atom is -0.504 e. The molecule has 2 rings (SSSR count). The molecule has 0 saturated heterocycles. The summed E-state index contributed by atoms with van der Waals surface area (Å²) in [7, 11) is 0. The molecule has 2 N–H and O–H groups in total. The minimum absolute atomic E-state index is 0.0712. The van der Waals surface area contributed by atoms with Crippen molar-refractivity contribution in [3.8, 4) is 11.5 Å². The van der Waals surface area contributed by atoms with E-state index >= 15 is 0 Å². The second kappa shape index (κ2) is 3.07. The molecule has 2 nitrogen and oxygen atoms in total. The molecule has 14 heavy (non-hydrogen) atoms. The van der Waals surface area contributed by atoms with Crippen LogP contribution in [0, 0.1) is 0 Å². The molecule has 70 valence electrons. The summed E-state index contributed by atoms with van der Waals surface area (Å²) in [5.41, 5.74) is 0.989. The van der Waals surface area contributed by atoms with Crippen LogP contribution >= 0.6 is 0 Å². The van der Waals surface area contributed by atoms with Crippen molar-refractivity contribution in [3.05, 3.63) is 42.5 Å². The van der Waals surface area contributed by atoms with Crippen molar-refractivity contribution >= 4 is 16.8 Å². The summed E-state index contributed by atoms with van der Waals surface area (Å²) >= 11 is 0. The number of hydrogen-bond acceptors (Lipinski definition) is 2. The topological polar surface area (TPSA) is 40.5 Å². The van der Waals surface area contributed by atoms with Crippen molar-refractivity contribution in [3.63, 3.8) is 0 Å². The third-order valence-corrected chi connectivity index (χ3v) is 2.23. The number of rotatable bonds is 1. The van der Waals surface area contributed by atoms with Gasteiger partial charge in [-0.3, -0.25) is 0 Å². The van der Waals surface area contributed by atoms with Crippen LogP contribution in [0.2, 0.25) is 0 Å². The zero-order chi connectivity index (χ0) is 10.1. The summed E-state index contributed by atoms with van der Waals surface area (Å²) in [6, 6.07) is 8.75. The SMILES string of the molecule is C=Cc1ccc2c(O)c(O)ccc2c1. The molecule has 0 radical (unpaired) electrons. The standard InChI is InChI=1S/C12H10O2/c1-2-8-3-5-10-9(7-8)4-6-11(13)12(10)14/h2-7,13-14H,1H2. The van der Waals surface area contributed by atoms with E-state index < -0.39 is 0 Å². The molecule has 0 aliphatic carbocycles. The highest BCUT2D eigenvalue weighted by atomic mass is 16.3. The third-order valence-electron chi connectivity index (χ3n) is 2.23. The second-order valence-corrected chi connectivity index (χ2v) is 3.12. The van der Waals surface area contributed by atoms with E-state index in [-0.39, 0.29) is 11.5 Å². The maximum atomic E-state index is 9.55. The zero-order valence-corrected chi connectivity index (χ0v) is 7.57. The molecule has 0 amide bonds. The normalized spacial score (nSPS) is 10.3. The molecular formula is C12H10O2. The molecule has 0 bridgehead atoms. The molecule has 0 heterocycles. The fourth-order valence-electron chi connectivity index (χ4n) is 1.45. The third kappa shape index (κ3) is 1.21. The van der Waals surface area contributed by atoms with E-state index in [0.29, 0.717) is 5.39 Å². The molecule has 0 unspecified atom stereocenters. The Morgan fingerprint density at radius 1 is 1.07 bits per heavy atom. The summed E-state index contributed by atoms with van der Waals surface area (Å²) in [6.07, 6.45) is 1.74. The Kier molecular flexibility index (Phi) is 1.89. The molecule has 2 aromatic carbocycles. The van der Waals surface area contributed by atoms with Gasteiger partial charge >= 0.3 is 0 Å². The van der Waals surface area contributed by atoms with Crippen LogP contribution in [0.15, 0.2) is 36.9 Å². The molecular weight excluding hydrogens is 176 g/mol. The predicted octanol–water partition coefficient (Wildman–Crippen LogP) is 2.89. The highest BCUT2D eigenvalue weighted by molar-refractivity contribution is 5.91. The van der Waals surface area contributed by atoms with Gasteiger partial charge in [-0.1, -0.05) is 24.8 Å². The molecule has 0 atom stereocenters. The van der Waals surface area contributed by atoms with Gasteiger partial charge in [-0.2, -0.15) is 0 Å². The maximum Gasteiger partial charge on any atom is 0.165 e. The summed E-state index contributed by atoms with van der Waals surface area (Å²) in [6.45, 7) is 3.67. The van der Waals surface area contributed by atoms with Gasteiger partial charge in [-0.05, 0) is 29.1 Å². The van der Waals surface area contributed by atoms with E-state index in [1.807, 2.05) is 12.1 Å². The van der Waals surface area contributed by atoms with Crippen molar-refractivity contribution in [1.82, 2.24) is 0 Å². The van der Waals surface area contributed by atoms with Crippen LogP contribution in [0.5, 0.6) is 11.5 Å². The van der Waals surface area contributed by atoms with Crippen LogP contribution in [0.3, 0.4) is 0 Å². The van der Waals surface area contributed by atoms with Crippen LogP contribution in [0.25, 0.3) is 16.8 Å². The maximum absolute atomic E-state index is 9.55. The van der Waals surface area contributed by atoms with E-state index in [1.165, 1.54) is 6.07 Å². The first kappa shape index (κ1) is 8.63. The van der Waals surface area contributed by atoms with Crippen LogP contribution < -0.4 is 0 Å². The number of fused-ring (bicyclic) bond motifs is 1. The summed E-state index contributed by atoms with van der Waals surface area (Å²) < 4.78 is 0. The number of phenolic OH excluding ortho intramolecular Hbond substituents is 2. The quantitative estimate of drug-likeness (QED) is 0.672. The van der Waals surface area contributed by atoms with E-state index in [2.05, 4.69) is 6.58 Å². The average Bonchev–Trinajstić information content (AvgIpc) is 2.23. The molecule has 0 aliphatic rings. The molecule has 0 fully saturated rings. The fourth-order valence-corrected chi connectivity index (χ4v) is 1.45. The van der Waals surface area contributed by atoms with Gasteiger partial charge < -0.3 is 10.2 Å². The number of aromatic hydroxyl groups is 2. The summed E-state index contributed by atoms with van der Waals surface area (Å²) in [5.74, 6) is -0.165. The van der Waals surface area contributed by atoms with E-state index in [4.69, 9.17) is 0 Å². The van der Waals surface area contributed by atoms with Crippen molar-refractivity contribution in [2.24, 2.45) is 0 Å². The van der Waals surface area contributed by atoms with Crippen LogP contribution in [0.4, 0.5) is 0 Å². The number of phenols is 2. The van der Waals surface area contributed by atoms with E-state index in [9.17, 15) is 10.2 Å². The largest absolute Gasteiger partial charge is 0.504 e. The molecule has 2 heteroatoms. The van der Waals surface area contributed by atoms with Gasteiger partial charge in [-0.25, -0.2) is 0 Å². The van der Waals surface area contributed by atoms with Gasteiger partial charge in [0, 0.05) is 5.39 Å². The highest BCUT2D eigenvalue weighted by Gasteiger charge is 2.04. The van der Waals surface area contributed by atoms with Crippen LogP contribution in [-0.2, 0) is 0 Å². The van der Waals surface area contributed by atoms with Gasteiger partial charge in [0.25, 0.3) is 0 Å². The Morgan fingerprint density at radius 3 is 2.57 bits per heavy atom. The first-order valence-electron chi connectivity index (χ1n) is 4.29. The van der Waals surface area contributed by atoms with E-state index in [1.54, 1.807) is 18.2 Å². The Balaban J connectivity index is 2.81. The number of hydrogen-bond donors (Lipinski definition) is 2. The minimum atomic E-state index is -0.0937. The predicted molar refractivity (Wildman–Crippen MR) is 57.4 cm³/mol. The summed E-state index contributed by atoms with van der Waals surface area (Å²) in [5, 5.41) is 20.4.